The van der Waals surface area contributed by atoms with Gasteiger partial charge in [-0.1, -0.05) is 38.1 Å². The molecule has 0 saturated heterocycles. The summed E-state index contributed by atoms with van der Waals surface area (Å²) >= 11 is 0. The van der Waals surface area contributed by atoms with E-state index in [4.69, 9.17) is 0 Å². The summed E-state index contributed by atoms with van der Waals surface area (Å²) in [5, 5.41) is 30.4. The van der Waals surface area contributed by atoms with Crippen LogP contribution in [0.15, 0.2) is 129 Å². The highest BCUT2D eigenvalue weighted by Crippen LogP contribution is 2.51. The Morgan fingerprint density at radius 2 is 1.31 bits per heavy atom. The number of hydrogen-bond acceptors (Lipinski definition) is 10. The maximum absolute atomic E-state index is 14.1. The Hall–Kier alpha value is -6.20. The topological polar surface area (TPSA) is 230 Å². The van der Waals surface area contributed by atoms with Crippen LogP contribution in [0.4, 0.5) is 11.4 Å². The molecule has 0 spiro atoms. The Morgan fingerprint density at radius 3 is 1.84 bits per heavy atom. The summed E-state index contributed by atoms with van der Waals surface area (Å²) in [6.07, 6.45) is 3.02. The Balaban J connectivity index is 1.34. The number of allylic oxidation sites excluding steroid dienone is 5. The molecule has 0 radical (unpaired) electrons. The number of Topliss-reactive ketones (excluding diaryl/α,β-unsaturated/α-hetero) is 1. The van der Waals surface area contributed by atoms with Crippen molar-refractivity contribution in [3.8, 4) is 0 Å². The summed E-state index contributed by atoms with van der Waals surface area (Å²) in [4.78, 5) is 38.1. The first kappa shape index (κ1) is 40.0. The SMILES string of the molecule is CC1(C)C(/C=C2\C(=O)C(/C=C3\N(Cc4ccc(C(=O)O)cc4)c4ccc(S(=O)(=O)O)cc4C3(C)C)=C2O)=[N+](Cc2ccc(C(=O)O)cc2)c2ccc(S(=O)(=O)[O-])cc21. The van der Waals surface area contributed by atoms with E-state index in [-0.39, 0.29) is 46.0 Å². The number of benzene rings is 4. The van der Waals surface area contributed by atoms with Crippen molar-refractivity contribution in [3.05, 3.63) is 153 Å². The van der Waals surface area contributed by atoms with Gasteiger partial charge >= 0.3 is 11.9 Å². The molecule has 298 valence electrons. The molecule has 16 heteroatoms. The molecule has 0 aromatic heterocycles. The van der Waals surface area contributed by atoms with Crippen molar-refractivity contribution in [1.82, 2.24) is 0 Å². The molecule has 14 nitrogen and oxygen atoms in total. The predicted octanol–water partition coefficient (Wildman–Crippen LogP) is 6.01. The third kappa shape index (κ3) is 6.83. The van der Waals surface area contributed by atoms with Crippen LogP contribution in [0.25, 0.3) is 0 Å². The Bertz CT molecular complexity index is 2850. The van der Waals surface area contributed by atoms with Crippen molar-refractivity contribution in [2.75, 3.05) is 4.90 Å². The number of carbonyl (C=O) groups is 3. The van der Waals surface area contributed by atoms with Crippen LogP contribution >= 0.6 is 0 Å². The van der Waals surface area contributed by atoms with Crippen molar-refractivity contribution < 1.29 is 60.2 Å². The van der Waals surface area contributed by atoms with E-state index in [0.717, 1.165) is 0 Å². The molecule has 0 unspecified atom stereocenters. The van der Waals surface area contributed by atoms with Crippen molar-refractivity contribution in [3.63, 3.8) is 0 Å². The third-order valence-corrected chi connectivity index (χ3v) is 12.6. The molecular formula is C42H36N2O12S2. The van der Waals surface area contributed by atoms with Crippen LogP contribution in [0.1, 0.15) is 70.7 Å². The lowest BCUT2D eigenvalue weighted by molar-refractivity contribution is -0.455. The number of hydrogen-bond donors (Lipinski definition) is 4. The van der Waals surface area contributed by atoms with Gasteiger partial charge in [-0.2, -0.15) is 13.0 Å². The Kier molecular flexibility index (Phi) is 9.47. The molecule has 4 aromatic carbocycles. The quantitative estimate of drug-likeness (QED) is 0.0817. The number of rotatable bonds is 10. The van der Waals surface area contributed by atoms with Crippen LogP contribution in [0, 0.1) is 0 Å². The standard InChI is InChI=1S/C42H36N2O12S2/c1-41(2)31-17-27(57(51,52)53)13-15-33(31)43(21-23-5-9-25(10-6-23)39(47)48)35(41)19-29-37(45)30(38(29)46)20-36-42(3,4)32-18-28(58(54,55)56)14-16-34(32)44(36)22-24-7-11-26(12-8-24)40(49)50/h5-20H,21-22H2,1-4H3,(H4-,45,46,47,48,49,50,51,52,53,54,55,56). The second-order valence-corrected chi connectivity index (χ2v) is 18.1. The van der Waals surface area contributed by atoms with E-state index < -0.39 is 53.7 Å². The maximum Gasteiger partial charge on any atom is 0.335 e. The molecule has 0 saturated carbocycles. The zero-order valence-electron chi connectivity index (χ0n) is 31.4. The highest BCUT2D eigenvalue weighted by atomic mass is 32.2. The molecule has 3 aliphatic rings. The highest BCUT2D eigenvalue weighted by Gasteiger charge is 2.48. The number of fused-ring (bicyclic) bond motifs is 2. The van der Waals surface area contributed by atoms with E-state index in [2.05, 4.69) is 0 Å². The molecule has 0 fully saturated rings. The normalized spacial score (nSPS) is 18.4. The molecule has 4 N–H and O–H groups in total. The number of aliphatic hydroxyl groups excluding tert-OH is 1. The lowest BCUT2D eigenvalue weighted by atomic mass is 9.77. The fourth-order valence-corrected chi connectivity index (χ4v) is 8.74. The highest BCUT2D eigenvalue weighted by molar-refractivity contribution is 7.86. The second-order valence-electron chi connectivity index (χ2n) is 15.3. The van der Waals surface area contributed by atoms with Crippen LogP contribution in [0.3, 0.4) is 0 Å². The zero-order chi connectivity index (χ0) is 42.3. The number of aliphatic hydroxyl groups is 1. The number of aromatic carboxylic acids is 2. The summed E-state index contributed by atoms with van der Waals surface area (Å²) in [5.74, 6) is -3.09. The van der Waals surface area contributed by atoms with Gasteiger partial charge < -0.3 is 24.8 Å². The summed E-state index contributed by atoms with van der Waals surface area (Å²) in [6.45, 7) is 7.45. The van der Waals surface area contributed by atoms with Crippen molar-refractivity contribution in [1.29, 1.82) is 0 Å². The smallest absolute Gasteiger partial charge is 0.335 e. The summed E-state index contributed by atoms with van der Waals surface area (Å²) in [7, 11) is -9.41. The number of ketones is 1. The number of carboxylic acid groups (broad SMARTS) is 2. The summed E-state index contributed by atoms with van der Waals surface area (Å²) in [6, 6.07) is 20.4. The number of carbonyl (C=O) groups excluding carboxylic acids is 1. The van der Waals surface area contributed by atoms with Gasteiger partial charge in [0, 0.05) is 46.6 Å². The molecule has 7 rings (SSSR count). The van der Waals surface area contributed by atoms with Crippen LogP contribution in [-0.4, -0.2) is 69.3 Å². The van der Waals surface area contributed by atoms with Crippen molar-refractivity contribution >= 4 is 55.0 Å². The molecule has 4 aromatic rings. The molecular weight excluding hydrogens is 789 g/mol. The summed E-state index contributed by atoms with van der Waals surface area (Å²) in [5.41, 5.74) is 2.44. The number of nitrogens with zero attached hydrogens (tertiary/aromatic N) is 2. The number of carboxylic acids is 2. The fourth-order valence-electron chi connectivity index (χ4n) is 7.74. The van der Waals surface area contributed by atoms with Crippen LogP contribution in [-0.2, 0) is 49.0 Å². The minimum absolute atomic E-state index is 0.0483. The van der Waals surface area contributed by atoms with E-state index in [1.807, 2.05) is 4.90 Å². The van der Waals surface area contributed by atoms with Gasteiger partial charge in [-0.3, -0.25) is 9.35 Å². The summed E-state index contributed by atoms with van der Waals surface area (Å²) < 4.78 is 72.0. The average molecular weight is 825 g/mol. The lowest BCUT2D eigenvalue weighted by Crippen LogP contribution is -2.32. The minimum Gasteiger partial charge on any atom is -0.744 e. The molecule has 2 aliphatic heterocycles. The van der Waals surface area contributed by atoms with Crippen LogP contribution in [0.2, 0.25) is 0 Å². The van der Waals surface area contributed by atoms with Gasteiger partial charge in [-0.05, 0) is 85.6 Å². The first-order valence-corrected chi connectivity index (χ1v) is 20.6. The van der Waals surface area contributed by atoms with E-state index in [0.29, 0.717) is 45.0 Å². The van der Waals surface area contributed by atoms with Crippen molar-refractivity contribution in [2.24, 2.45) is 0 Å². The van der Waals surface area contributed by atoms with Gasteiger partial charge in [0.05, 0.1) is 37.5 Å². The Morgan fingerprint density at radius 1 is 0.759 bits per heavy atom. The third-order valence-electron chi connectivity index (χ3n) is 11.0. The first-order chi connectivity index (χ1) is 27.0. The monoisotopic (exact) mass is 824 g/mol. The second kappa shape index (κ2) is 13.7. The average Bonchev–Trinajstić information content (AvgIpc) is 3.49. The maximum atomic E-state index is 14.1. The van der Waals surface area contributed by atoms with Crippen LogP contribution < -0.4 is 4.90 Å². The zero-order valence-corrected chi connectivity index (χ0v) is 33.1. The van der Waals surface area contributed by atoms with E-state index in [1.165, 1.54) is 72.8 Å². The molecule has 0 bridgehead atoms. The fraction of sp³-hybridized carbons (Fsp3) is 0.190. The molecule has 0 amide bonds. The van der Waals surface area contributed by atoms with Gasteiger partial charge in [0.2, 0.25) is 11.5 Å². The first-order valence-electron chi connectivity index (χ1n) is 17.7. The van der Waals surface area contributed by atoms with Gasteiger partial charge in [0.25, 0.3) is 10.1 Å². The van der Waals surface area contributed by atoms with Gasteiger partial charge in [-0.25, -0.2) is 18.0 Å². The Labute approximate surface area is 333 Å². The lowest BCUT2D eigenvalue weighted by Gasteiger charge is -2.29. The molecule has 0 atom stereocenters. The van der Waals surface area contributed by atoms with Gasteiger partial charge in [0.15, 0.2) is 12.3 Å². The largest absolute Gasteiger partial charge is 0.744 e. The van der Waals surface area contributed by atoms with E-state index in [1.54, 1.807) is 56.5 Å². The molecule has 58 heavy (non-hydrogen) atoms. The van der Waals surface area contributed by atoms with E-state index >= 15 is 0 Å². The van der Waals surface area contributed by atoms with Crippen LogP contribution in [0.5, 0.6) is 0 Å². The number of anilines is 1. The van der Waals surface area contributed by atoms with E-state index in [9.17, 15) is 55.6 Å². The molecule has 1 aliphatic carbocycles. The van der Waals surface area contributed by atoms with Gasteiger partial charge in [0.1, 0.15) is 15.9 Å². The predicted molar refractivity (Wildman–Crippen MR) is 209 cm³/mol. The van der Waals surface area contributed by atoms with Gasteiger partial charge in [-0.15, -0.1) is 0 Å². The van der Waals surface area contributed by atoms with Crippen molar-refractivity contribution in [2.45, 2.75) is 61.4 Å². The minimum atomic E-state index is -4.83. The molecule has 2 heterocycles.